The lowest BCUT2D eigenvalue weighted by molar-refractivity contribution is -0.124. The van der Waals surface area contributed by atoms with Crippen LogP contribution in [0, 0.1) is 0 Å². The summed E-state index contributed by atoms with van der Waals surface area (Å²) in [5.74, 6) is -0.936. The highest BCUT2D eigenvalue weighted by atomic mass is 19.1. The number of carbonyl (C=O) groups is 1. The number of ether oxygens (including phenoxy) is 1. The third-order valence-corrected chi connectivity index (χ3v) is 2.81. The molecule has 1 unspecified atom stereocenters. The van der Waals surface area contributed by atoms with Crippen molar-refractivity contribution in [3.8, 4) is 0 Å². The van der Waals surface area contributed by atoms with Crippen molar-refractivity contribution in [2.45, 2.75) is 26.4 Å². The van der Waals surface area contributed by atoms with Crippen molar-refractivity contribution in [1.82, 2.24) is 4.90 Å². The van der Waals surface area contributed by atoms with E-state index < -0.39 is 5.83 Å². The molecule has 0 radical (unpaired) electrons. The smallest absolute Gasteiger partial charge is 0.256 e. The molecule has 0 aromatic rings. The summed E-state index contributed by atoms with van der Waals surface area (Å²) in [6.07, 6.45) is 4.40. The predicted molar refractivity (Wildman–Crippen MR) is 69.8 cm³/mol. The number of hydrogen-bond acceptors (Lipinski definition) is 2. The van der Waals surface area contributed by atoms with Gasteiger partial charge in [-0.1, -0.05) is 18.7 Å². The van der Waals surface area contributed by atoms with E-state index in [0.717, 1.165) is 5.57 Å². The Labute approximate surface area is 108 Å². The normalized spacial score (nSPS) is 18.0. The average Bonchev–Trinajstić information content (AvgIpc) is 2.55. The van der Waals surface area contributed by atoms with Crippen molar-refractivity contribution >= 4 is 5.91 Å². The summed E-state index contributed by atoms with van der Waals surface area (Å²) in [6.45, 7) is 8.21. The standard InChI is InChI=1S/C14H20FNO2/c1-5-18-10(2)7-6-8-12-9-16(4)14(17)13(12)11(3)15/h6-7,10H,3,5,8-9H2,1-2,4H3/b7-6-. The summed E-state index contributed by atoms with van der Waals surface area (Å²) in [4.78, 5) is 13.2. The van der Waals surface area contributed by atoms with E-state index in [2.05, 4.69) is 6.58 Å². The quantitative estimate of drug-likeness (QED) is 0.681. The van der Waals surface area contributed by atoms with Crippen molar-refractivity contribution in [1.29, 1.82) is 0 Å². The van der Waals surface area contributed by atoms with Gasteiger partial charge in [-0.25, -0.2) is 4.39 Å². The summed E-state index contributed by atoms with van der Waals surface area (Å²) < 4.78 is 18.6. The zero-order valence-corrected chi connectivity index (χ0v) is 11.2. The maximum Gasteiger partial charge on any atom is 0.256 e. The number of carbonyl (C=O) groups excluding carboxylic acids is 1. The first-order valence-corrected chi connectivity index (χ1v) is 6.07. The fourth-order valence-corrected chi connectivity index (χ4v) is 1.97. The lowest BCUT2D eigenvalue weighted by atomic mass is 10.1. The third-order valence-electron chi connectivity index (χ3n) is 2.81. The molecule has 0 spiro atoms. The summed E-state index contributed by atoms with van der Waals surface area (Å²) in [5, 5.41) is 0. The van der Waals surface area contributed by atoms with Crippen LogP contribution in [-0.4, -0.2) is 37.1 Å². The maximum atomic E-state index is 13.2. The van der Waals surface area contributed by atoms with E-state index in [1.807, 2.05) is 26.0 Å². The van der Waals surface area contributed by atoms with Gasteiger partial charge in [-0.15, -0.1) is 0 Å². The van der Waals surface area contributed by atoms with Gasteiger partial charge in [0.25, 0.3) is 5.91 Å². The van der Waals surface area contributed by atoms with Crippen LogP contribution in [0.1, 0.15) is 20.3 Å². The fraction of sp³-hybridized carbons (Fsp3) is 0.500. The molecular formula is C14H20FNO2. The average molecular weight is 253 g/mol. The lowest BCUT2D eigenvalue weighted by Crippen LogP contribution is -2.21. The minimum Gasteiger partial charge on any atom is -0.375 e. The fourth-order valence-electron chi connectivity index (χ4n) is 1.97. The van der Waals surface area contributed by atoms with E-state index in [0.29, 0.717) is 19.6 Å². The molecule has 0 saturated heterocycles. The molecule has 1 aliphatic heterocycles. The van der Waals surface area contributed by atoms with Crippen molar-refractivity contribution in [2.75, 3.05) is 20.2 Å². The molecule has 1 amide bonds. The highest BCUT2D eigenvalue weighted by Crippen LogP contribution is 2.26. The minimum atomic E-state index is -0.648. The van der Waals surface area contributed by atoms with Gasteiger partial charge < -0.3 is 9.64 Å². The summed E-state index contributed by atoms with van der Waals surface area (Å²) >= 11 is 0. The van der Waals surface area contributed by atoms with Crippen LogP contribution in [0.3, 0.4) is 0 Å². The van der Waals surface area contributed by atoms with Gasteiger partial charge in [-0.05, 0) is 25.8 Å². The van der Waals surface area contributed by atoms with Crippen LogP contribution >= 0.6 is 0 Å². The molecule has 0 saturated carbocycles. The first-order chi connectivity index (χ1) is 8.47. The van der Waals surface area contributed by atoms with Gasteiger partial charge in [0.05, 0.1) is 11.7 Å². The maximum absolute atomic E-state index is 13.2. The molecule has 18 heavy (non-hydrogen) atoms. The van der Waals surface area contributed by atoms with Crippen LogP contribution in [0.4, 0.5) is 4.39 Å². The van der Waals surface area contributed by atoms with Crippen LogP contribution in [0.15, 0.2) is 35.7 Å². The highest BCUT2D eigenvalue weighted by molar-refractivity contribution is 6.00. The Bertz CT molecular complexity index is 399. The topological polar surface area (TPSA) is 29.5 Å². The molecular weight excluding hydrogens is 233 g/mol. The molecule has 0 fully saturated rings. The van der Waals surface area contributed by atoms with Gasteiger partial charge in [0.1, 0.15) is 5.83 Å². The Kier molecular flexibility index (Phi) is 5.28. The number of likely N-dealkylation sites (N-methyl/N-ethyl adjacent to an activating group) is 1. The first kappa shape index (κ1) is 14.6. The van der Waals surface area contributed by atoms with Crippen LogP contribution < -0.4 is 0 Å². The SMILES string of the molecule is C=C(F)C1=C(C/C=C\C(C)OCC)CN(C)C1=O. The number of hydrogen-bond donors (Lipinski definition) is 0. The van der Waals surface area contributed by atoms with E-state index in [4.69, 9.17) is 4.74 Å². The Morgan fingerprint density at radius 1 is 1.67 bits per heavy atom. The van der Waals surface area contributed by atoms with Crippen LogP contribution in [0.2, 0.25) is 0 Å². The molecule has 0 aromatic heterocycles. The molecule has 4 heteroatoms. The molecule has 1 atom stereocenters. The molecule has 3 nitrogen and oxygen atoms in total. The monoisotopic (exact) mass is 253 g/mol. The Balaban J connectivity index is 2.70. The molecule has 1 heterocycles. The molecule has 100 valence electrons. The molecule has 1 aliphatic rings. The lowest BCUT2D eigenvalue weighted by Gasteiger charge is -2.07. The molecule has 0 aromatic carbocycles. The molecule has 1 rings (SSSR count). The number of halogens is 1. The molecule has 0 N–H and O–H groups in total. The minimum absolute atomic E-state index is 0.0301. The van der Waals surface area contributed by atoms with E-state index in [-0.39, 0.29) is 17.6 Å². The zero-order valence-electron chi connectivity index (χ0n) is 11.2. The number of rotatable bonds is 6. The Morgan fingerprint density at radius 2 is 2.33 bits per heavy atom. The largest absolute Gasteiger partial charge is 0.375 e. The van der Waals surface area contributed by atoms with Gasteiger partial charge in [-0.3, -0.25) is 4.79 Å². The van der Waals surface area contributed by atoms with Crippen molar-refractivity contribution in [3.05, 3.63) is 35.7 Å². The second-order valence-corrected chi connectivity index (χ2v) is 4.34. The van der Waals surface area contributed by atoms with E-state index in [1.54, 1.807) is 7.05 Å². The van der Waals surface area contributed by atoms with E-state index >= 15 is 0 Å². The zero-order chi connectivity index (χ0) is 13.7. The second kappa shape index (κ2) is 6.50. The van der Waals surface area contributed by atoms with Crippen LogP contribution in [-0.2, 0) is 9.53 Å². The van der Waals surface area contributed by atoms with Crippen molar-refractivity contribution in [3.63, 3.8) is 0 Å². The van der Waals surface area contributed by atoms with Gasteiger partial charge >= 0.3 is 0 Å². The predicted octanol–water partition coefficient (Wildman–Crippen LogP) is 2.61. The number of amides is 1. The van der Waals surface area contributed by atoms with Crippen molar-refractivity contribution in [2.24, 2.45) is 0 Å². The van der Waals surface area contributed by atoms with Gasteiger partial charge in [0.2, 0.25) is 0 Å². The van der Waals surface area contributed by atoms with Gasteiger partial charge in [0.15, 0.2) is 0 Å². The Hall–Kier alpha value is -1.42. The summed E-state index contributed by atoms with van der Waals surface area (Å²) in [6, 6.07) is 0. The van der Waals surface area contributed by atoms with Crippen molar-refractivity contribution < 1.29 is 13.9 Å². The second-order valence-electron chi connectivity index (χ2n) is 4.34. The molecule has 0 bridgehead atoms. The third kappa shape index (κ3) is 3.53. The Morgan fingerprint density at radius 3 is 2.89 bits per heavy atom. The van der Waals surface area contributed by atoms with Gasteiger partial charge in [-0.2, -0.15) is 0 Å². The highest BCUT2D eigenvalue weighted by Gasteiger charge is 2.28. The van der Waals surface area contributed by atoms with Crippen LogP contribution in [0.25, 0.3) is 0 Å². The van der Waals surface area contributed by atoms with Gasteiger partial charge in [0, 0.05) is 20.2 Å². The molecule has 0 aliphatic carbocycles. The van der Waals surface area contributed by atoms with E-state index in [1.165, 1.54) is 4.90 Å². The first-order valence-electron chi connectivity index (χ1n) is 6.07. The summed E-state index contributed by atoms with van der Waals surface area (Å²) in [5.41, 5.74) is 0.904. The number of allylic oxidation sites excluding steroid dienone is 1. The summed E-state index contributed by atoms with van der Waals surface area (Å²) in [7, 11) is 1.66. The van der Waals surface area contributed by atoms with E-state index in [9.17, 15) is 9.18 Å². The number of nitrogens with zero attached hydrogens (tertiary/aromatic N) is 1. The van der Waals surface area contributed by atoms with Crippen LogP contribution in [0.5, 0.6) is 0 Å².